The van der Waals surface area contributed by atoms with Gasteiger partial charge in [0.2, 0.25) is 34.6 Å². The van der Waals surface area contributed by atoms with E-state index < -0.39 is 140 Å². The number of fused-ring (bicyclic) bond motifs is 4. The molecule has 0 fully saturated rings. The molecule has 25 heteroatoms. The molecule has 78 heavy (non-hydrogen) atoms. The lowest BCUT2D eigenvalue weighted by Crippen LogP contribution is -2.22. The summed E-state index contributed by atoms with van der Waals surface area (Å²) in [5.74, 6) is -9.03. The van der Waals surface area contributed by atoms with E-state index >= 15 is 0 Å². The van der Waals surface area contributed by atoms with Gasteiger partial charge in [-0.05, 0) is 85.0 Å². The molecular formula is C53H30N4O17S4. The van der Waals surface area contributed by atoms with Crippen molar-refractivity contribution < 1.29 is 74.4 Å². The summed E-state index contributed by atoms with van der Waals surface area (Å²) in [4.78, 5) is 63.8. The Balaban J connectivity index is 1.14. The molecule has 6 aromatic rings. The summed E-state index contributed by atoms with van der Waals surface area (Å²) in [5.41, 5.74) is -5.09. The van der Waals surface area contributed by atoms with Crippen molar-refractivity contribution in [3.8, 4) is 23.0 Å². The number of hydrogen-bond acceptors (Lipinski definition) is 21. The van der Waals surface area contributed by atoms with Crippen LogP contribution in [-0.4, -0.2) is 85.4 Å². The van der Waals surface area contributed by atoms with Crippen LogP contribution in [0, 0.1) is 21.6 Å². The van der Waals surface area contributed by atoms with Gasteiger partial charge >= 0.3 is 40.5 Å². The average molecular weight is 1120 g/mol. The maximum atomic E-state index is 14.9. The molecule has 0 aliphatic heterocycles. The first-order valence-corrected chi connectivity index (χ1v) is 27.9. The lowest BCUT2D eigenvalue weighted by molar-refractivity contribution is 0.103. The van der Waals surface area contributed by atoms with E-state index in [-0.39, 0.29) is 50.2 Å². The van der Waals surface area contributed by atoms with E-state index in [2.05, 4.69) is 0 Å². The van der Waals surface area contributed by atoms with Crippen LogP contribution in [-0.2, 0) is 40.5 Å². The monoisotopic (exact) mass is 1120 g/mol. The summed E-state index contributed by atoms with van der Waals surface area (Å²) in [6.07, 6.45) is 8.67. The smallest absolute Gasteiger partial charge is 0.340 e. The molecule has 0 bridgehead atoms. The molecule has 6 aromatic carbocycles. The van der Waals surface area contributed by atoms with Gasteiger partial charge in [0.25, 0.3) is 0 Å². The Hall–Kier alpha value is -9.69. The molecule has 0 atom stereocenters. The molecule has 0 saturated heterocycles. The van der Waals surface area contributed by atoms with Gasteiger partial charge in [-0.2, -0.15) is 33.7 Å². The highest BCUT2D eigenvalue weighted by molar-refractivity contribution is 7.88. The maximum absolute atomic E-state index is 14.9. The van der Waals surface area contributed by atoms with Crippen molar-refractivity contribution in [1.29, 1.82) is 21.6 Å². The van der Waals surface area contributed by atoms with E-state index in [1.165, 1.54) is 36.4 Å². The fourth-order valence-corrected chi connectivity index (χ4v) is 13.1. The summed E-state index contributed by atoms with van der Waals surface area (Å²) in [7, 11) is -21.0. The fourth-order valence-electron chi connectivity index (χ4n) is 8.49. The number of hydrogen-bond donors (Lipinski definition) is 4. The molecular weight excluding hydrogens is 1090 g/mol. The van der Waals surface area contributed by atoms with Gasteiger partial charge in [0.15, 0.2) is 11.5 Å². The minimum atomic E-state index is -5.50. The Morgan fingerprint density at radius 2 is 0.667 bits per heavy atom. The maximum Gasteiger partial charge on any atom is 0.340 e. The molecule has 0 radical (unpaired) electrons. The Kier molecular flexibility index (Phi) is 12.5. The van der Waals surface area contributed by atoms with Crippen LogP contribution in [0.3, 0.4) is 0 Å². The Morgan fingerprint density at radius 1 is 0.346 bits per heavy atom. The highest BCUT2D eigenvalue weighted by Crippen LogP contribution is 2.46. The van der Waals surface area contributed by atoms with Gasteiger partial charge in [-0.3, -0.25) is 45.6 Å². The minimum Gasteiger partial charge on any atom is -0.379 e. The fraction of sp³-hybridized carbons (Fsp3) is 0. The van der Waals surface area contributed by atoms with Gasteiger partial charge in [-0.15, -0.1) is 0 Å². The Bertz CT molecular complexity index is 4500. The number of rotatable bonds is 14. The number of carbonyl (C=O) groups is 5. The van der Waals surface area contributed by atoms with Crippen LogP contribution in [0.4, 0.5) is 0 Å². The molecule has 0 aromatic heterocycles. The number of Topliss-reactive ketones (excluding diaryl/α,β-unsaturated/α-hetero) is 4. The second-order valence-electron chi connectivity index (χ2n) is 16.9. The van der Waals surface area contributed by atoms with Crippen LogP contribution in [0.2, 0.25) is 0 Å². The number of ketones is 5. The average Bonchev–Trinajstić information content (AvgIpc) is 3.54. The zero-order valence-electron chi connectivity index (χ0n) is 39.1. The largest absolute Gasteiger partial charge is 0.379 e. The van der Waals surface area contributed by atoms with Gasteiger partial charge in [0.1, 0.15) is 48.2 Å². The van der Waals surface area contributed by atoms with Gasteiger partial charge < -0.3 is 16.7 Å². The van der Waals surface area contributed by atoms with Crippen molar-refractivity contribution in [2.24, 2.45) is 0 Å². The number of benzene rings is 6. The van der Waals surface area contributed by atoms with Crippen molar-refractivity contribution in [1.82, 2.24) is 0 Å². The Labute approximate surface area is 441 Å². The second-order valence-corrected chi connectivity index (χ2v) is 23.0. The molecule has 4 aliphatic rings. The number of allylic oxidation sites excluding steroid dienone is 4. The zero-order valence-corrected chi connectivity index (χ0v) is 42.4. The highest BCUT2D eigenvalue weighted by atomic mass is 32.2. The first kappa shape index (κ1) is 51.8. The molecule has 0 unspecified atom stereocenters. The Morgan fingerprint density at radius 3 is 1.03 bits per heavy atom. The van der Waals surface area contributed by atoms with Crippen LogP contribution in [0.15, 0.2) is 153 Å². The van der Waals surface area contributed by atoms with Crippen LogP contribution >= 0.6 is 0 Å². The first-order chi connectivity index (χ1) is 36.9. The van der Waals surface area contributed by atoms with Crippen LogP contribution < -0.4 is 16.7 Å². The minimum absolute atomic E-state index is 0.0554. The number of carbonyl (C=O) groups excluding carboxylic acids is 5. The van der Waals surface area contributed by atoms with Gasteiger partial charge in [-0.1, -0.05) is 72.8 Å². The van der Waals surface area contributed by atoms with Crippen molar-refractivity contribution in [3.63, 3.8) is 0 Å². The van der Waals surface area contributed by atoms with E-state index in [0.29, 0.717) is 6.07 Å². The lowest BCUT2D eigenvalue weighted by atomic mass is 9.95. The number of nitrogens with one attached hydrogen (secondary N) is 4. The standard InChI is InChI=1S/C53H30N4O17S4/c54-38-22-17-29-33(48(38)59)5-1-9-43(29)75(63,64)71-28-15-13-27(14-16-28)47(58)37-21-26-42(72-76(65,66)44-10-2-6-34-30(44)18-23-39(55)49(34)60)53(74-78(69,70)46-12-4-8-36-32(46)20-25-41(57)51(36)62)52(37)73-77(67,68)45-11-3-7-35-31(45)19-24-40(56)50(35)61/h1-26,54-57H. The van der Waals surface area contributed by atoms with E-state index in [9.17, 15) is 57.6 Å². The van der Waals surface area contributed by atoms with Crippen molar-refractivity contribution in [2.75, 3.05) is 0 Å². The molecule has 0 amide bonds. The molecule has 388 valence electrons. The molecule has 10 rings (SSSR count). The van der Waals surface area contributed by atoms with E-state index in [4.69, 9.17) is 38.4 Å². The summed E-state index contributed by atoms with van der Waals surface area (Å²) in [5, 5.41) is 31.8. The van der Waals surface area contributed by atoms with Crippen molar-refractivity contribution >= 4 is 117 Å². The third-order valence-electron chi connectivity index (χ3n) is 12.2. The molecule has 0 saturated carbocycles. The normalized spacial score (nSPS) is 14.9. The molecule has 21 nitrogen and oxygen atoms in total. The summed E-state index contributed by atoms with van der Waals surface area (Å²) >= 11 is 0. The predicted molar refractivity (Wildman–Crippen MR) is 278 cm³/mol. The summed E-state index contributed by atoms with van der Waals surface area (Å²) in [6.45, 7) is 0. The molecule has 0 heterocycles. The lowest BCUT2D eigenvalue weighted by Gasteiger charge is -2.21. The second kappa shape index (κ2) is 18.8. The van der Waals surface area contributed by atoms with E-state index in [1.807, 2.05) is 0 Å². The third kappa shape index (κ3) is 9.00. The molecule has 4 N–H and O–H groups in total. The van der Waals surface area contributed by atoms with Crippen LogP contribution in [0.1, 0.15) is 79.6 Å². The zero-order chi connectivity index (χ0) is 55.8. The predicted octanol–water partition coefficient (Wildman–Crippen LogP) is 6.91. The van der Waals surface area contributed by atoms with Gasteiger partial charge in [-0.25, -0.2) is 0 Å². The van der Waals surface area contributed by atoms with Crippen LogP contribution in [0.5, 0.6) is 23.0 Å². The topological polar surface area (TPSA) is 354 Å². The third-order valence-corrected chi connectivity index (χ3v) is 17.4. The van der Waals surface area contributed by atoms with Gasteiger partial charge in [0.05, 0.1) is 5.56 Å². The molecule has 4 aliphatic carbocycles. The highest BCUT2D eigenvalue weighted by Gasteiger charge is 2.38. The quantitative estimate of drug-likeness (QED) is 0.0636. The van der Waals surface area contributed by atoms with Crippen LogP contribution in [0.25, 0.3) is 24.3 Å². The summed E-state index contributed by atoms with van der Waals surface area (Å²) in [6, 6.07) is 19.2. The van der Waals surface area contributed by atoms with Crippen molar-refractivity contribution in [2.45, 2.75) is 19.6 Å². The molecule has 0 spiro atoms. The van der Waals surface area contributed by atoms with E-state index in [1.54, 1.807) is 0 Å². The summed E-state index contributed by atoms with van der Waals surface area (Å²) < 4.78 is 137. The van der Waals surface area contributed by atoms with E-state index in [0.717, 1.165) is 115 Å². The SMILES string of the molecule is N=C1C=Cc2c(cccc2S(=O)(=O)Oc2ccc(C(=O)c3ccc(OS(=O)(=O)c4cccc5c4C=CC(=N)C5=O)c(OS(=O)(=O)c4cccc5c4C=CC(=N)C5=O)c3OS(=O)(=O)c3cccc4c3C=CC(=N)C4=O)cc2)C1=O. The first-order valence-electron chi connectivity index (χ1n) is 22.3. The van der Waals surface area contributed by atoms with Crippen molar-refractivity contribution in [3.05, 3.63) is 189 Å². The van der Waals surface area contributed by atoms with Gasteiger partial charge in [0, 0.05) is 50.1 Å².